The molecule has 0 saturated carbocycles. The van der Waals surface area contributed by atoms with Crippen LogP contribution < -0.4 is 5.32 Å². The van der Waals surface area contributed by atoms with E-state index in [0.717, 1.165) is 12.1 Å². The molecule has 148 valence electrons. The van der Waals surface area contributed by atoms with Gasteiger partial charge in [-0.1, -0.05) is 26.0 Å². The minimum absolute atomic E-state index is 0.0331. The van der Waals surface area contributed by atoms with Crippen LogP contribution in [0, 0.1) is 11.8 Å². The predicted octanol–water partition coefficient (Wildman–Crippen LogP) is 2.28. The monoisotopic (exact) mass is 386 g/mol. The SMILES string of the molecule is CC(C)C(NC(=O)C1CC(=O)N(Cc2cccc(C(F)(F)F)c2)C1)C(=O)O. The van der Waals surface area contributed by atoms with Gasteiger partial charge in [0.05, 0.1) is 11.5 Å². The fourth-order valence-electron chi connectivity index (χ4n) is 2.95. The topological polar surface area (TPSA) is 86.7 Å². The van der Waals surface area contributed by atoms with Crippen LogP contribution in [-0.2, 0) is 27.1 Å². The van der Waals surface area contributed by atoms with E-state index < -0.39 is 35.6 Å². The van der Waals surface area contributed by atoms with Crippen molar-refractivity contribution in [2.75, 3.05) is 6.54 Å². The Morgan fingerprint density at radius 2 is 2.00 bits per heavy atom. The highest BCUT2D eigenvalue weighted by molar-refractivity contribution is 5.91. The molecule has 1 aliphatic rings. The summed E-state index contributed by atoms with van der Waals surface area (Å²) in [6.45, 7) is 3.29. The van der Waals surface area contributed by atoms with Crippen LogP contribution in [0.2, 0.25) is 0 Å². The molecule has 1 aliphatic heterocycles. The van der Waals surface area contributed by atoms with Crippen molar-refractivity contribution in [3.05, 3.63) is 35.4 Å². The van der Waals surface area contributed by atoms with Gasteiger partial charge < -0.3 is 15.3 Å². The first-order chi connectivity index (χ1) is 12.5. The standard InChI is InChI=1S/C18H21F3N2O4/c1-10(2)15(17(26)27)22-16(25)12-7-14(24)23(9-12)8-11-4-3-5-13(6-11)18(19,20)21/h3-6,10,12,15H,7-9H2,1-2H3,(H,22,25)(H,26,27). The van der Waals surface area contributed by atoms with Gasteiger partial charge >= 0.3 is 12.1 Å². The first kappa shape index (κ1) is 20.7. The summed E-state index contributed by atoms with van der Waals surface area (Å²) in [5.74, 6) is -3.13. The van der Waals surface area contributed by atoms with Gasteiger partial charge in [-0.2, -0.15) is 13.2 Å². The maximum atomic E-state index is 12.8. The quantitative estimate of drug-likeness (QED) is 0.785. The van der Waals surface area contributed by atoms with Crippen molar-refractivity contribution < 1.29 is 32.7 Å². The molecule has 2 atom stereocenters. The highest BCUT2D eigenvalue weighted by atomic mass is 19.4. The zero-order valence-electron chi connectivity index (χ0n) is 14.9. The summed E-state index contributed by atoms with van der Waals surface area (Å²) in [6.07, 6.45) is -4.58. The van der Waals surface area contributed by atoms with Crippen molar-refractivity contribution in [2.45, 2.75) is 39.0 Å². The number of carboxylic acid groups (broad SMARTS) is 1. The van der Waals surface area contributed by atoms with Crippen molar-refractivity contribution in [2.24, 2.45) is 11.8 Å². The molecule has 0 spiro atoms. The van der Waals surface area contributed by atoms with Gasteiger partial charge in [0.25, 0.3) is 0 Å². The predicted molar refractivity (Wildman–Crippen MR) is 89.4 cm³/mol. The van der Waals surface area contributed by atoms with E-state index >= 15 is 0 Å². The Bertz CT molecular complexity index is 734. The van der Waals surface area contributed by atoms with E-state index in [1.807, 2.05) is 0 Å². The van der Waals surface area contributed by atoms with Crippen molar-refractivity contribution in [1.82, 2.24) is 10.2 Å². The molecular weight excluding hydrogens is 365 g/mol. The molecule has 1 fully saturated rings. The molecule has 1 heterocycles. The normalized spacial score (nSPS) is 18.7. The van der Waals surface area contributed by atoms with E-state index in [2.05, 4.69) is 5.32 Å². The molecule has 6 nitrogen and oxygen atoms in total. The fourth-order valence-corrected chi connectivity index (χ4v) is 2.95. The summed E-state index contributed by atoms with van der Waals surface area (Å²) in [7, 11) is 0. The lowest BCUT2D eigenvalue weighted by molar-refractivity contribution is -0.143. The second kappa shape index (κ2) is 7.98. The molecule has 0 aromatic heterocycles. The van der Waals surface area contributed by atoms with Crippen LogP contribution >= 0.6 is 0 Å². The van der Waals surface area contributed by atoms with E-state index in [4.69, 9.17) is 5.11 Å². The minimum Gasteiger partial charge on any atom is -0.480 e. The molecule has 0 radical (unpaired) electrons. The third-order valence-electron chi connectivity index (χ3n) is 4.44. The molecule has 0 aliphatic carbocycles. The summed E-state index contributed by atoms with van der Waals surface area (Å²) in [6, 6.07) is 3.60. The summed E-state index contributed by atoms with van der Waals surface area (Å²) in [4.78, 5) is 36.9. The van der Waals surface area contributed by atoms with E-state index in [-0.39, 0.29) is 31.3 Å². The van der Waals surface area contributed by atoms with Crippen molar-refractivity contribution in [1.29, 1.82) is 0 Å². The molecule has 2 rings (SSSR count). The Morgan fingerprint density at radius 3 is 2.56 bits per heavy atom. The Kier molecular flexibility index (Phi) is 6.12. The number of benzene rings is 1. The van der Waals surface area contributed by atoms with Gasteiger partial charge in [-0.15, -0.1) is 0 Å². The van der Waals surface area contributed by atoms with Crippen molar-refractivity contribution >= 4 is 17.8 Å². The third-order valence-corrected chi connectivity index (χ3v) is 4.44. The molecule has 27 heavy (non-hydrogen) atoms. The Balaban J connectivity index is 2.03. The van der Waals surface area contributed by atoms with Gasteiger partial charge in [0.15, 0.2) is 0 Å². The molecule has 0 bridgehead atoms. The van der Waals surface area contributed by atoms with Crippen LogP contribution in [0.5, 0.6) is 0 Å². The van der Waals surface area contributed by atoms with E-state index in [0.29, 0.717) is 5.56 Å². The Morgan fingerprint density at radius 1 is 1.33 bits per heavy atom. The summed E-state index contributed by atoms with van der Waals surface area (Å²) >= 11 is 0. The van der Waals surface area contributed by atoms with Crippen molar-refractivity contribution in [3.63, 3.8) is 0 Å². The van der Waals surface area contributed by atoms with Gasteiger partial charge in [-0.25, -0.2) is 4.79 Å². The van der Waals surface area contributed by atoms with Crippen LogP contribution in [0.4, 0.5) is 13.2 Å². The van der Waals surface area contributed by atoms with Crippen LogP contribution in [0.15, 0.2) is 24.3 Å². The van der Waals surface area contributed by atoms with Crippen LogP contribution in [0.3, 0.4) is 0 Å². The van der Waals surface area contributed by atoms with E-state index in [1.54, 1.807) is 13.8 Å². The highest BCUT2D eigenvalue weighted by Gasteiger charge is 2.37. The number of carboxylic acids is 1. The zero-order chi connectivity index (χ0) is 20.4. The first-order valence-corrected chi connectivity index (χ1v) is 8.46. The van der Waals surface area contributed by atoms with Crippen LogP contribution in [0.25, 0.3) is 0 Å². The Hall–Kier alpha value is -2.58. The zero-order valence-corrected chi connectivity index (χ0v) is 14.9. The summed E-state index contributed by atoms with van der Waals surface area (Å²) in [5.41, 5.74) is -0.494. The van der Waals surface area contributed by atoms with Crippen molar-refractivity contribution in [3.8, 4) is 0 Å². The molecule has 9 heteroatoms. The molecule has 2 unspecified atom stereocenters. The van der Waals surface area contributed by atoms with Gasteiger partial charge in [-0.3, -0.25) is 9.59 Å². The fraction of sp³-hybridized carbons (Fsp3) is 0.500. The van der Waals surface area contributed by atoms with Gasteiger partial charge in [0.1, 0.15) is 6.04 Å². The largest absolute Gasteiger partial charge is 0.480 e. The van der Waals surface area contributed by atoms with E-state index in [9.17, 15) is 27.6 Å². The lowest BCUT2D eigenvalue weighted by Crippen LogP contribution is -2.47. The number of carbonyl (C=O) groups is 3. The summed E-state index contributed by atoms with van der Waals surface area (Å²) in [5, 5.41) is 11.6. The van der Waals surface area contributed by atoms with Gasteiger partial charge in [0.2, 0.25) is 11.8 Å². The lowest BCUT2D eigenvalue weighted by Gasteiger charge is -2.21. The number of hydrogen-bond donors (Lipinski definition) is 2. The molecule has 1 aromatic carbocycles. The smallest absolute Gasteiger partial charge is 0.416 e. The molecule has 2 amide bonds. The average molecular weight is 386 g/mol. The second-order valence-corrected chi connectivity index (χ2v) is 6.94. The van der Waals surface area contributed by atoms with Gasteiger partial charge in [0, 0.05) is 19.5 Å². The number of likely N-dealkylation sites (tertiary alicyclic amines) is 1. The number of rotatable bonds is 6. The number of hydrogen-bond acceptors (Lipinski definition) is 3. The first-order valence-electron chi connectivity index (χ1n) is 8.46. The molecule has 1 aromatic rings. The number of halogens is 3. The van der Waals surface area contributed by atoms with Crippen LogP contribution in [0.1, 0.15) is 31.4 Å². The average Bonchev–Trinajstić information content (AvgIpc) is 2.92. The molecule has 1 saturated heterocycles. The molecule has 2 N–H and O–H groups in total. The Labute approximate surface area is 154 Å². The second-order valence-electron chi connectivity index (χ2n) is 6.94. The van der Waals surface area contributed by atoms with Crippen LogP contribution in [-0.4, -0.2) is 40.4 Å². The van der Waals surface area contributed by atoms with Gasteiger partial charge in [-0.05, 0) is 23.6 Å². The third kappa shape index (κ3) is 5.21. The number of nitrogens with one attached hydrogen (secondary N) is 1. The number of aliphatic carboxylic acids is 1. The number of amides is 2. The minimum atomic E-state index is -4.48. The highest BCUT2D eigenvalue weighted by Crippen LogP contribution is 2.30. The number of nitrogens with zero attached hydrogens (tertiary/aromatic N) is 1. The van der Waals surface area contributed by atoms with E-state index in [1.165, 1.54) is 17.0 Å². The summed E-state index contributed by atoms with van der Waals surface area (Å²) < 4.78 is 38.4. The maximum Gasteiger partial charge on any atom is 0.416 e. The number of alkyl halides is 3. The maximum absolute atomic E-state index is 12.8. The molecular formula is C18H21F3N2O4. The lowest BCUT2D eigenvalue weighted by atomic mass is 10.0. The number of carbonyl (C=O) groups excluding carboxylic acids is 2.